The molecule has 6 nitrogen and oxygen atoms in total. The summed E-state index contributed by atoms with van der Waals surface area (Å²) in [6.45, 7) is 1.35. The van der Waals surface area contributed by atoms with E-state index < -0.39 is 17.2 Å². The molecule has 1 heterocycles. The van der Waals surface area contributed by atoms with Gasteiger partial charge >= 0.3 is 11.7 Å². The number of aromatic nitrogens is 2. The molecule has 0 atom stereocenters. The van der Waals surface area contributed by atoms with Gasteiger partial charge in [0.05, 0.1) is 7.11 Å². The first-order chi connectivity index (χ1) is 6.54. The molecule has 0 unspecified atom stereocenters. The minimum Gasteiger partial charge on any atom is -0.468 e. The number of esters is 1. The van der Waals surface area contributed by atoms with E-state index in [0.717, 1.165) is 4.57 Å². The van der Waals surface area contributed by atoms with E-state index in [4.69, 9.17) is 0 Å². The Balaban J connectivity index is 3.11. The zero-order chi connectivity index (χ0) is 10.7. The summed E-state index contributed by atoms with van der Waals surface area (Å²) < 4.78 is 5.47. The lowest BCUT2D eigenvalue weighted by molar-refractivity contribution is -0.141. The average Bonchev–Trinajstić information content (AvgIpc) is 2.14. The van der Waals surface area contributed by atoms with Crippen LogP contribution in [0.2, 0.25) is 0 Å². The van der Waals surface area contributed by atoms with Crippen LogP contribution in [-0.2, 0) is 16.1 Å². The van der Waals surface area contributed by atoms with Crippen LogP contribution < -0.4 is 11.2 Å². The zero-order valence-electron chi connectivity index (χ0n) is 7.86. The monoisotopic (exact) mass is 198 g/mol. The molecular weight excluding hydrogens is 188 g/mol. The standard InChI is InChI=1S/C8H10N2O4/c1-5-3-10(4-6(11)14-2)8(13)9-7(5)12/h3H,4H2,1-2H3,(H,9,12,13). The molecule has 0 aliphatic rings. The van der Waals surface area contributed by atoms with Gasteiger partial charge in [0.15, 0.2) is 0 Å². The number of hydrogen-bond acceptors (Lipinski definition) is 4. The third-order valence-corrected chi connectivity index (χ3v) is 1.72. The number of aryl methyl sites for hydroxylation is 1. The van der Waals surface area contributed by atoms with Gasteiger partial charge in [0.25, 0.3) is 5.56 Å². The van der Waals surface area contributed by atoms with Gasteiger partial charge in [-0.25, -0.2) is 4.79 Å². The largest absolute Gasteiger partial charge is 0.468 e. The van der Waals surface area contributed by atoms with Crippen molar-refractivity contribution >= 4 is 5.97 Å². The number of hydrogen-bond donors (Lipinski definition) is 1. The van der Waals surface area contributed by atoms with Crippen LogP contribution in [0.5, 0.6) is 0 Å². The van der Waals surface area contributed by atoms with Crippen LogP contribution in [0.15, 0.2) is 15.8 Å². The van der Waals surface area contributed by atoms with Crippen LogP contribution in [0.3, 0.4) is 0 Å². The second-order valence-electron chi connectivity index (χ2n) is 2.78. The highest BCUT2D eigenvalue weighted by Gasteiger charge is 2.05. The molecule has 1 N–H and O–H groups in total. The molecule has 1 aromatic heterocycles. The summed E-state index contributed by atoms with van der Waals surface area (Å²) in [5, 5.41) is 0. The molecule has 1 aromatic rings. The summed E-state index contributed by atoms with van der Waals surface area (Å²) >= 11 is 0. The van der Waals surface area contributed by atoms with Gasteiger partial charge in [0, 0.05) is 11.8 Å². The Morgan fingerprint density at radius 3 is 2.79 bits per heavy atom. The van der Waals surface area contributed by atoms with E-state index in [2.05, 4.69) is 9.72 Å². The fourth-order valence-corrected chi connectivity index (χ4v) is 0.940. The number of carbonyl (C=O) groups excluding carboxylic acids is 1. The number of nitrogens with one attached hydrogen (secondary N) is 1. The van der Waals surface area contributed by atoms with E-state index in [9.17, 15) is 14.4 Å². The minimum absolute atomic E-state index is 0.201. The van der Waals surface area contributed by atoms with Crippen LogP contribution in [0, 0.1) is 6.92 Å². The van der Waals surface area contributed by atoms with Crippen LogP contribution in [0.25, 0.3) is 0 Å². The van der Waals surface area contributed by atoms with E-state index in [1.807, 2.05) is 0 Å². The van der Waals surface area contributed by atoms with Crippen molar-refractivity contribution in [3.8, 4) is 0 Å². The third-order valence-electron chi connectivity index (χ3n) is 1.72. The Labute approximate surface area is 79.1 Å². The predicted octanol–water partition coefficient (Wildman–Crippen LogP) is -0.982. The number of rotatable bonds is 2. The maximum Gasteiger partial charge on any atom is 0.328 e. The number of methoxy groups -OCH3 is 1. The van der Waals surface area contributed by atoms with Gasteiger partial charge in [-0.1, -0.05) is 0 Å². The normalized spacial score (nSPS) is 9.86. The molecule has 0 aliphatic heterocycles. The van der Waals surface area contributed by atoms with Crippen molar-refractivity contribution in [2.75, 3.05) is 7.11 Å². The highest BCUT2D eigenvalue weighted by atomic mass is 16.5. The topological polar surface area (TPSA) is 81.2 Å². The van der Waals surface area contributed by atoms with Crippen LogP contribution in [-0.4, -0.2) is 22.6 Å². The number of carbonyl (C=O) groups is 1. The van der Waals surface area contributed by atoms with Crippen LogP contribution >= 0.6 is 0 Å². The van der Waals surface area contributed by atoms with E-state index in [1.54, 1.807) is 6.92 Å². The van der Waals surface area contributed by atoms with Crippen molar-refractivity contribution in [1.82, 2.24) is 9.55 Å². The van der Waals surface area contributed by atoms with Crippen molar-refractivity contribution in [3.63, 3.8) is 0 Å². The summed E-state index contributed by atoms with van der Waals surface area (Å²) in [4.78, 5) is 35.0. The SMILES string of the molecule is COC(=O)Cn1cc(C)c(=O)[nH]c1=O. The second-order valence-corrected chi connectivity index (χ2v) is 2.78. The quantitative estimate of drug-likeness (QED) is 0.619. The Bertz CT molecular complexity index is 457. The maximum atomic E-state index is 11.1. The molecule has 0 aliphatic carbocycles. The van der Waals surface area contributed by atoms with Crippen LogP contribution in [0.1, 0.15) is 5.56 Å². The molecule has 0 spiro atoms. The first kappa shape index (κ1) is 10.2. The van der Waals surface area contributed by atoms with E-state index in [1.165, 1.54) is 13.3 Å². The molecule has 0 aromatic carbocycles. The summed E-state index contributed by atoms with van der Waals surface area (Å²) in [7, 11) is 1.23. The highest BCUT2D eigenvalue weighted by molar-refractivity contribution is 5.68. The van der Waals surface area contributed by atoms with Gasteiger partial charge in [0.2, 0.25) is 0 Å². The van der Waals surface area contributed by atoms with E-state index in [0.29, 0.717) is 5.56 Å². The zero-order valence-corrected chi connectivity index (χ0v) is 7.86. The highest BCUT2D eigenvalue weighted by Crippen LogP contribution is 1.85. The van der Waals surface area contributed by atoms with Crippen molar-refractivity contribution in [1.29, 1.82) is 0 Å². The molecule has 1 rings (SSSR count). The smallest absolute Gasteiger partial charge is 0.328 e. The Morgan fingerprint density at radius 2 is 2.21 bits per heavy atom. The van der Waals surface area contributed by atoms with Crippen molar-refractivity contribution in [3.05, 3.63) is 32.6 Å². The molecule has 76 valence electrons. The third kappa shape index (κ3) is 2.09. The number of H-pyrrole nitrogens is 1. The predicted molar refractivity (Wildman–Crippen MR) is 48.1 cm³/mol. The molecule has 0 radical (unpaired) electrons. The first-order valence-electron chi connectivity index (χ1n) is 3.92. The summed E-state index contributed by atoms with van der Waals surface area (Å²) in [6.07, 6.45) is 1.32. The summed E-state index contributed by atoms with van der Waals surface area (Å²) in [5.74, 6) is -0.543. The summed E-state index contributed by atoms with van der Waals surface area (Å²) in [5.41, 5.74) is -0.699. The average molecular weight is 198 g/mol. The molecule has 0 saturated heterocycles. The molecule has 14 heavy (non-hydrogen) atoms. The molecule has 6 heteroatoms. The minimum atomic E-state index is -0.619. The van der Waals surface area contributed by atoms with E-state index in [-0.39, 0.29) is 6.54 Å². The second kappa shape index (κ2) is 3.91. The first-order valence-corrected chi connectivity index (χ1v) is 3.92. The molecule has 0 bridgehead atoms. The van der Waals surface area contributed by atoms with Crippen molar-refractivity contribution in [2.45, 2.75) is 13.5 Å². The fourth-order valence-electron chi connectivity index (χ4n) is 0.940. The number of ether oxygens (including phenoxy) is 1. The Hall–Kier alpha value is -1.85. The molecule has 0 amide bonds. The maximum absolute atomic E-state index is 11.1. The Morgan fingerprint density at radius 1 is 1.57 bits per heavy atom. The fraction of sp³-hybridized carbons (Fsp3) is 0.375. The van der Waals surface area contributed by atoms with Gasteiger partial charge in [-0.2, -0.15) is 0 Å². The van der Waals surface area contributed by atoms with Gasteiger partial charge in [0.1, 0.15) is 6.54 Å². The lowest BCUT2D eigenvalue weighted by atomic mass is 10.4. The lowest BCUT2D eigenvalue weighted by Crippen LogP contribution is -2.32. The van der Waals surface area contributed by atoms with Gasteiger partial charge in [-0.3, -0.25) is 19.1 Å². The van der Waals surface area contributed by atoms with Gasteiger partial charge in [-0.05, 0) is 6.92 Å². The molecule has 0 fully saturated rings. The van der Waals surface area contributed by atoms with Crippen molar-refractivity contribution in [2.24, 2.45) is 0 Å². The number of nitrogens with zero attached hydrogens (tertiary/aromatic N) is 1. The Kier molecular flexibility index (Phi) is 2.85. The van der Waals surface area contributed by atoms with Crippen molar-refractivity contribution < 1.29 is 9.53 Å². The molecular formula is C8H10N2O4. The molecule has 0 saturated carbocycles. The number of aromatic amines is 1. The lowest BCUT2D eigenvalue weighted by Gasteiger charge is -2.03. The summed E-state index contributed by atoms with van der Waals surface area (Å²) in [6, 6.07) is 0. The van der Waals surface area contributed by atoms with Gasteiger partial charge < -0.3 is 4.74 Å². The van der Waals surface area contributed by atoms with Crippen LogP contribution in [0.4, 0.5) is 0 Å². The van der Waals surface area contributed by atoms with E-state index >= 15 is 0 Å². The van der Waals surface area contributed by atoms with Gasteiger partial charge in [-0.15, -0.1) is 0 Å².